The van der Waals surface area contributed by atoms with E-state index in [2.05, 4.69) is 20.3 Å². The van der Waals surface area contributed by atoms with Gasteiger partial charge in [0.2, 0.25) is 11.8 Å². The molecule has 1 saturated carbocycles. The number of anilines is 1. The highest BCUT2D eigenvalue weighted by molar-refractivity contribution is 7.99. The Balaban J connectivity index is 1.31. The van der Waals surface area contributed by atoms with E-state index < -0.39 is 29.1 Å². The van der Waals surface area contributed by atoms with Crippen LogP contribution in [0, 0.1) is 11.8 Å². The van der Waals surface area contributed by atoms with Crippen molar-refractivity contribution in [2.45, 2.75) is 49.4 Å². The molecule has 0 bridgehead atoms. The van der Waals surface area contributed by atoms with Gasteiger partial charge in [0.05, 0.1) is 5.92 Å². The number of aliphatic carboxylic acids is 2. The first-order chi connectivity index (χ1) is 17.8. The molecule has 2 aromatic carbocycles. The number of hydrogen-bond donors (Lipinski definition) is 4. The fourth-order valence-corrected chi connectivity index (χ4v) is 5.33. The second kappa shape index (κ2) is 12.0. The van der Waals surface area contributed by atoms with E-state index in [1.807, 2.05) is 30.3 Å². The van der Waals surface area contributed by atoms with Crippen molar-refractivity contribution in [2.24, 2.45) is 21.5 Å². The van der Waals surface area contributed by atoms with E-state index >= 15 is 0 Å². The van der Waals surface area contributed by atoms with Crippen molar-refractivity contribution in [3.05, 3.63) is 65.7 Å². The first-order valence-electron chi connectivity index (χ1n) is 12.1. The summed E-state index contributed by atoms with van der Waals surface area (Å²) in [5.74, 6) is -3.43. The van der Waals surface area contributed by atoms with Crippen LogP contribution >= 0.6 is 11.9 Å². The molecule has 0 aromatic heterocycles. The summed E-state index contributed by atoms with van der Waals surface area (Å²) in [7, 11) is 0. The maximum Gasteiger partial charge on any atom is 0.326 e. The van der Waals surface area contributed by atoms with Gasteiger partial charge in [-0.15, -0.1) is 4.52 Å². The van der Waals surface area contributed by atoms with Crippen molar-refractivity contribution >= 4 is 41.4 Å². The van der Waals surface area contributed by atoms with Gasteiger partial charge in [-0.1, -0.05) is 42.5 Å². The summed E-state index contributed by atoms with van der Waals surface area (Å²) >= 11 is 1.12. The van der Waals surface area contributed by atoms with Gasteiger partial charge in [0.25, 0.3) is 0 Å². The molecular formula is C26H28N4O6S. The van der Waals surface area contributed by atoms with Gasteiger partial charge in [-0.2, -0.15) is 5.11 Å². The van der Waals surface area contributed by atoms with E-state index in [0.29, 0.717) is 36.9 Å². The largest absolute Gasteiger partial charge is 0.481 e. The predicted molar refractivity (Wildman–Crippen MR) is 137 cm³/mol. The molecule has 3 atom stereocenters. The topological polar surface area (TPSA) is 158 Å². The summed E-state index contributed by atoms with van der Waals surface area (Å²) in [4.78, 5) is 48.4. The lowest BCUT2D eigenvalue weighted by atomic mass is 9.81. The van der Waals surface area contributed by atoms with Gasteiger partial charge in [0.15, 0.2) is 0 Å². The van der Waals surface area contributed by atoms with Crippen LogP contribution in [0.5, 0.6) is 0 Å². The van der Waals surface area contributed by atoms with Crippen molar-refractivity contribution in [3.63, 3.8) is 0 Å². The Morgan fingerprint density at radius 2 is 1.54 bits per heavy atom. The second-order valence-electron chi connectivity index (χ2n) is 9.26. The summed E-state index contributed by atoms with van der Waals surface area (Å²) < 4.78 is 3.98. The Morgan fingerprint density at radius 3 is 2.16 bits per heavy atom. The smallest absolute Gasteiger partial charge is 0.326 e. The number of carboxylic acids is 2. The van der Waals surface area contributed by atoms with E-state index in [-0.39, 0.29) is 30.2 Å². The van der Waals surface area contributed by atoms with Gasteiger partial charge in [0, 0.05) is 30.0 Å². The molecule has 0 radical (unpaired) electrons. The molecule has 37 heavy (non-hydrogen) atoms. The fraction of sp³-hybridized carbons (Fsp3) is 0.385. The van der Waals surface area contributed by atoms with E-state index in [9.17, 15) is 24.3 Å². The Kier molecular flexibility index (Phi) is 8.54. The van der Waals surface area contributed by atoms with Crippen LogP contribution in [0.3, 0.4) is 0 Å². The quantitative estimate of drug-likeness (QED) is 0.363. The highest BCUT2D eigenvalue weighted by atomic mass is 32.2. The molecule has 10 nitrogen and oxygen atoms in total. The molecule has 2 amide bonds. The number of amides is 2. The SMILES string of the molecule is O=C(O)C1CCC(C(=O)N[C@@H](Cc2ccc(NC(=O)C3SN=NC3c3ccccc3)cc2)C(=O)O)CC1. The maximum absolute atomic E-state index is 12.9. The van der Waals surface area contributed by atoms with Crippen LogP contribution in [0.4, 0.5) is 5.69 Å². The average molecular weight is 525 g/mol. The lowest BCUT2D eigenvalue weighted by Gasteiger charge is -2.26. The molecule has 1 fully saturated rings. The Labute approximate surface area is 218 Å². The zero-order valence-corrected chi connectivity index (χ0v) is 20.8. The van der Waals surface area contributed by atoms with Crippen molar-refractivity contribution < 1.29 is 29.4 Å². The van der Waals surface area contributed by atoms with Gasteiger partial charge in [-0.05, 0) is 48.9 Å². The number of carbonyl (C=O) groups is 4. The molecule has 2 unspecified atom stereocenters. The standard InChI is InChI=1S/C26H28N4O6S/c31-23(17-8-10-18(11-9-17)25(33)34)28-20(26(35)36)14-15-6-12-19(13-7-15)27-24(32)22-21(29-30-37-22)16-4-2-1-3-5-16/h1-7,12-13,17-18,20-22H,8-11,14H2,(H,27,32)(H,28,31)(H,33,34)(H,35,36)/t17?,18?,20-,21?,22?/m0/s1. The molecule has 0 saturated heterocycles. The highest BCUT2D eigenvalue weighted by Crippen LogP contribution is 2.38. The number of benzene rings is 2. The number of hydrogen-bond acceptors (Lipinski definition) is 7. The molecule has 1 heterocycles. The average Bonchev–Trinajstić information content (AvgIpc) is 3.40. The monoisotopic (exact) mass is 524 g/mol. The zero-order valence-electron chi connectivity index (χ0n) is 19.9. The van der Waals surface area contributed by atoms with Gasteiger partial charge < -0.3 is 20.8 Å². The number of rotatable bonds is 9. The first-order valence-corrected chi connectivity index (χ1v) is 12.9. The van der Waals surface area contributed by atoms with Gasteiger partial charge in [0.1, 0.15) is 17.3 Å². The third-order valence-corrected chi connectivity index (χ3v) is 7.63. The van der Waals surface area contributed by atoms with Gasteiger partial charge in [-0.25, -0.2) is 4.79 Å². The molecule has 0 spiro atoms. The van der Waals surface area contributed by atoms with Crippen LogP contribution in [-0.4, -0.2) is 45.3 Å². The first kappa shape index (κ1) is 26.3. The summed E-state index contributed by atoms with van der Waals surface area (Å²) in [5, 5.41) is 27.9. The van der Waals surface area contributed by atoms with Crippen LogP contribution in [0.2, 0.25) is 0 Å². The Morgan fingerprint density at radius 1 is 0.892 bits per heavy atom. The Bertz CT molecular complexity index is 1170. The lowest BCUT2D eigenvalue weighted by Crippen LogP contribution is -2.45. The molecule has 1 aliphatic heterocycles. The molecule has 2 aliphatic rings. The zero-order chi connectivity index (χ0) is 26.4. The summed E-state index contributed by atoms with van der Waals surface area (Å²) in [6.45, 7) is 0. The molecule has 11 heteroatoms. The molecule has 1 aliphatic carbocycles. The van der Waals surface area contributed by atoms with Gasteiger partial charge in [-0.3, -0.25) is 14.4 Å². The van der Waals surface area contributed by atoms with Crippen LogP contribution in [0.25, 0.3) is 0 Å². The second-order valence-corrected chi connectivity index (χ2v) is 10.1. The van der Waals surface area contributed by atoms with Crippen LogP contribution in [-0.2, 0) is 25.6 Å². The van der Waals surface area contributed by atoms with E-state index in [0.717, 1.165) is 17.5 Å². The van der Waals surface area contributed by atoms with E-state index in [1.165, 1.54) is 0 Å². The number of carboxylic acid groups (broad SMARTS) is 2. The predicted octanol–water partition coefficient (Wildman–Crippen LogP) is 3.85. The third kappa shape index (κ3) is 6.73. The van der Waals surface area contributed by atoms with Crippen molar-refractivity contribution in [2.75, 3.05) is 5.32 Å². The van der Waals surface area contributed by atoms with Crippen molar-refractivity contribution in [1.29, 1.82) is 0 Å². The summed E-state index contributed by atoms with van der Waals surface area (Å²) in [6, 6.07) is 14.8. The maximum atomic E-state index is 12.9. The normalized spacial score (nSPS) is 23.7. The number of carbonyl (C=O) groups excluding carboxylic acids is 2. The van der Waals surface area contributed by atoms with Crippen LogP contribution < -0.4 is 10.6 Å². The number of nitrogens with one attached hydrogen (secondary N) is 2. The molecular weight excluding hydrogens is 496 g/mol. The van der Waals surface area contributed by atoms with E-state index in [1.54, 1.807) is 24.3 Å². The van der Waals surface area contributed by atoms with Crippen molar-refractivity contribution in [1.82, 2.24) is 5.32 Å². The lowest BCUT2D eigenvalue weighted by molar-refractivity contribution is -0.144. The highest BCUT2D eigenvalue weighted by Gasteiger charge is 2.35. The fourth-order valence-electron chi connectivity index (χ4n) is 4.60. The molecule has 4 rings (SSSR count). The molecule has 194 valence electrons. The van der Waals surface area contributed by atoms with Gasteiger partial charge >= 0.3 is 11.9 Å². The summed E-state index contributed by atoms with van der Waals surface area (Å²) in [6.07, 6.45) is 1.74. The Hall–Kier alpha value is -3.73. The van der Waals surface area contributed by atoms with Crippen LogP contribution in [0.1, 0.15) is 42.9 Å². The summed E-state index contributed by atoms with van der Waals surface area (Å²) in [5.41, 5.74) is 2.14. The minimum Gasteiger partial charge on any atom is -0.481 e. The minimum atomic E-state index is -1.15. The molecule has 2 aromatic rings. The number of nitrogens with zero attached hydrogens (tertiary/aromatic N) is 2. The van der Waals surface area contributed by atoms with E-state index in [4.69, 9.17) is 5.11 Å². The molecule has 4 N–H and O–H groups in total. The third-order valence-electron chi connectivity index (χ3n) is 6.74. The van der Waals surface area contributed by atoms with Crippen LogP contribution in [0.15, 0.2) is 64.2 Å². The van der Waals surface area contributed by atoms with Crippen molar-refractivity contribution in [3.8, 4) is 0 Å². The minimum absolute atomic E-state index is 0.0755.